The molecule has 0 fully saturated rings. The third kappa shape index (κ3) is 1.56. The molecule has 13 heavy (non-hydrogen) atoms. The van der Waals surface area contributed by atoms with Gasteiger partial charge in [-0.25, -0.2) is 0 Å². The summed E-state index contributed by atoms with van der Waals surface area (Å²) in [5, 5.41) is 11.4. The third-order valence-electron chi connectivity index (χ3n) is 2.11. The fourth-order valence-corrected chi connectivity index (χ4v) is 1.90. The number of hydrogen-bond acceptors (Lipinski definition) is 1. The van der Waals surface area contributed by atoms with Gasteiger partial charge in [0.2, 0.25) is 0 Å². The van der Waals surface area contributed by atoms with Crippen molar-refractivity contribution in [3.05, 3.63) is 30.0 Å². The quantitative estimate of drug-likeness (QED) is 0.778. The molecule has 1 aromatic heterocycles. The van der Waals surface area contributed by atoms with Crippen LogP contribution in [-0.2, 0) is 6.42 Å². The molecule has 3 heteroatoms. The summed E-state index contributed by atoms with van der Waals surface area (Å²) in [6, 6.07) is 5.38. The maximum Gasteiger partial charge on any atom is 0.116 e. The van der Waals surface area contributed by atoms with Crippen LogP contribution in [0.4, 0.5) is 0 Å². The number of phenols is 1. The average molecular weight is 240 g/mol. The van der Waals surface area contributed by atoms with Gasteiger partial charge in [0.1, 0.15) is 5.75 Å². The fraction of sp³-hybridized carbons (Fsp3) is 0.200. The Kier molecular flexibility index (Phi) is 2.27. The van der Waals surface area contributed by atoms with Crippen LogP contribution in [0.5, 0.6) is 5.75 Å². The molecule has 0 atom stereocenters. The van der Waals surface area contributed by atoms with Crippen molar-refractivity contribution in [2.24, 2.45) is 0 Å². The van der Waals surface area contributed by atoms with E-state index in [9.17, 15) is 5.11 Å². The molecular formula is C10H10BrNO. The fourth-order valence-electron chi connectivity index (χ4n) is 1.48. The molecule has 0 radical (unpaired) electrons. The Labute approximate surface area is 84.7 Å². The summed E-state index contributed by atoms with van der Waals surface area (Å²) in [6.45, 7) is 0. The number of halogens is 1. The third-order valence-corrected chi connectivity index (χ3v) is 2.51. The molecule has 0 aliphatic rings. The number of aryl methyl sites for hydroxylation is 1. The molecule has 0 aliphatic heterocycles. The lowest BCUT2D eigenvalue weighted by atomic mass is 10.1. The van der Waals surface area contributed by atoms with Crippen molar-refractivity contribution in [2.75, 3.05) is 5.33 Å². The Morgan fingerprint density at radius 1 is 1.38 bits per heavy atom. The standard InChI is InChI=1S/C10H10BrNO/c11-4-3-7-6-12-10-2-1-8(13)5-9(7)10/h1-2,5-6,12-13H,3-4H2. The molecule has 2 aromatic rings. The minimum Gasteiger partial charge on any atom is -0.508 e. The Morgan fingerprint density at radius 2 is 2.23 bits per heavy atom. The van der Waals surface area contributed by atoms with Gasteiger partial charge in [-0.3, -0.25) is 0 Å². The Morgan fingerprint density at radius 3 is 3.00 bits per heavy atom. The first-order valence-corrected chi connectivity index (χ1v) is 5.28. The zero-order valence-electron chi connectivity index (χ0n) is 7.05. The molecule has 0 aliphatic carbocycles. The number of alkyl halides is 1. The first-order chi connectivity index (χ1) is 6.31. The summed E-state index contributed by atoms with van der Waals surface area (Å²) < 4.78 is 0. The summed E-state index contributed by atoms with van der Waals surface area (Å²) in [5.41, 5.74) is 2.32. The monoisotopic (exact) mass is 239 g/mol. The predicted molar refractivity (Wildman–Crippen MR) is 57.5 cm³/mol. The van der Waals surface area contributed by atoms with Gasteiger partial charge in [0.25, 0.3) is 0 Å². The van der Waals surface area contributed by atoms with Crippen molar-refractivity contribution >= 4 is 26.8 Å². The van der Waals surface area contributed by atoms with E-state index >= 15 is 0 Å². The second kappa shape index (κ2) is 3.42. The lowest BCUT2D eigenvalue weighted by Crippen LogP contribution is -1.81. The summed E-state index contributed by atoms with van der Waals surface area (Å²) in [4.78, 5) is 3.17. The summed E-state index contributed by atoms with van der Waals surface area (Å²) in [5.74, 6) is 0.322. The molecule has 2 nitrogen and oxygen atoms in total. The van der Waals surface area contributed by atoms with Crippen LogP contribution in [0.25, 0.3) is 10.9 Å². The second-order valence-corrected chi connectivity index (χ2v) is 3.78. The van der Waals surface area contributed by atoms with Crippen molar-refractivity contribution in [1.29, 1.82) is 0 Å². The van der Waals surface area contributed by atoms with Gasteiger partial charge < -0.3 is 10.1 Å². The van der Waals surface area contributed by atoms with Crippen LogP contribution >= 0.6 is 15.9 Å². The zero-order valence-corrected chi connectivity index (χ0v) is 8.63. The molecule has 0 saturated heterocycles. The lowest BCUT2D eigenvalue weighted by molar-refractivity contribution is 0.476. The zero-order chi connectivity index (χ0) is 9.26. The summed E-state index contributed by atoms with van der Waals surface area (Å²) >= 11 is 3.40. The van der Waals surface area contributed by atoms with E-state index in [2.05, 4.69) is 20.9 Å². The number of rotatable bonds is 2. The highest BCUT2D eigenvalue weighted by Gasteiger charge is 2.02. The number of hydrogen-bond donors (Lipinski definition) is 2. The van der Waals surface area contributed by atoms with Crippen LogP contribution in [0, 0.1) is 0 Å². The minimum absolute atomic E-state index is 0.322. The van der Waals surface area contributed by atoms with Gasteiger partial charge in [-0.05, 0) is 30.2 Å². The van der Waals surface area contributed by atoms with Gasteiger partial charge in [-0.1, -0.05) is 15.9 Å². The molecular weight excluding hydrogens is 230 g/mol. The first-order valence-electron chi connectivity index (χ1n) is 4.16. The van der Waals surface area contributed by atoms with E-state index in [-0.39, 0.29) is 0 Å². The normalized spacial score (nSPS) is 10.8. The number of fused-ring (bicyclic) bond motifs is 1. The molecule has 2 rings (SSSR count). The molecule has 1 heterocycles. The van der Waals surface area contributed by atoms with Crippen LogP contribution < -0.4 is 0 Å². The van der Waals surface area contributed by atoms with Gasteiger partial charge >= 0.3 is 0 Å². The van der Waals surface area contributed by atoms with E-state index in [0.29, 0.717) is 5.75 Å². The Bertz CT molecular complexity index is 422. The van der Waals surface area contributed by atoms with Crippen molar-refractivity contribution < 1.29 is 5.11 Å². The topological polar surface area (TPSA) is 36.0 Å². The highest BCUT2D eigenvalue weighted by atomic mass is 79.9. The number of phenolic OH excluding ortho intramolecular Hbond substituents is 1. The largest absolute Gasteiger partial charge is 0.508 e. The Hall–Kier alpha value is -0.960. The van der Waals surface area contributed by atoms with Crippen LogP contribution in [0.2, 0.25) is 0 Å². The molecule has 0 saturated carbocycles. The molecule has 68 valence electrons. The maximum atomic E-state index is 9.32. The number of aromatic nitrogens is 1. The number of H-pyrrole nitrogens is 1. The molecule has 0 spiro atoms. The van der Waals surface area contributed by atoms with Crippen molar-refractivity contribution in [3.63, 3.8) is 0 Å². The van der Waals surface area contributed by atoms with Crippen molar-refractivity contribution in [3.8, 4) is 5.75 Å². The summed E-state index contributed by atoms with van der Waals surface area (Å²) in [7, 11) is 0. The molecule has 0 unspecified atom stereocenters. The van der Waals surface area contributed by atoms with E-state index in [0.717, 1.165) is 22.7 Å². The molecule has 0 bridgehead atoms. The van der Waals surface area contributed by atoms with E-state index in [1.807, 2.05) is 12.3 Å². The number of benzene rings is 1. The van der Waals surface area contributed by atoms with Gasteiger partial charge in [-0.15, -0.1) is 0 Å². The molecule has 0 amide bonds. The lowest BCUT2D eigenvalue weighted by Gasteiger charge is -1.95. The van der Waals surface area contributed by atoms with E-state index in [1.165, 1.54) is 5.56 Å². The maximum absolute atomic E-state index is 9.32. The van der Waals surface area contributed by atoms with Crippen molar-refractivity contribution in [1.82, 2.24) is 4.98 Å². The van der Waals surface area contributed by atoms with Crippen LogP contribution in [-0.4, -0.2) is 15.4 Å². The average Bonchev–Trinajstić information content (AvgIpc) is 2.49. The highest BCUT2D eigenvalue weighted by Crippen LogP contribution is 2.23. The number of aromatic amines is 1. The van der Waals surface area contributed by atoms with Gasteiger partial charge in [-0.2, -0.15) is 0 Å². The second-order valence-electron chi connectivity index (χ2n) is 2.98. The molecule has 2 N–H and O–H groups in total. The van der Waals surface area contributed by atoms with Crippen molar-refractivity contribution in [2.45, 2.75) is 6.42 Å². The van der Waals surface area contributed by atoms with Crippen LogP contribution in [0.15, 0.2) is 24.4 Å². The van der Waals surface area contributed by atoms with Gasteiger partial charge in [0.15, 0.2) is 0 Å². The van der Waals surface area contributed by atoms with Crippen LogP contribution in [0.3, 0.4) is 0 Å². The predicted octanol–water partition coefficient (Wildman–Crippen LogP) is 2.81. The number of nitrogens with one attached hydrogen (secondary N) is 1. The van der Waals surface area contributed by atoms with E-state index in [4.69, 9.17) is 0 Å². The number of aromatic hydroxyl groups is 1. The van der Waals surface area contributed by atoms with Crippen LogP contribution in [0.1, 0.15) is 5.56 Å². The minimum atomic E-state index is 0.322. The summed E-state index contributed by atoms with van der Waals surface area (Å²) in [6.07, 6.45) is 2.97. The smallest absolute Gasteiger partial charge is 0.116 e. The highest BCUT2D eigenvalue weighted by molar-refractivity contribution is 9.09. The Balaban J connectivity index is 2.58. The van der Waals surface area contributed by atoms with E-state index in [1.54, 1.807) is 12.1 Å². The van der Waals surface area contributed by atoms with Gasteiger partial charge in [0.05, 0.1) is 0 Å². The SMILES string of the molecule is Oc1ccc2[nH]cc(CCBr)c2c1. The van der Waals surface area contributed by atoms with Gasteiger partial charge in [0, 0.05) is 22.4 Å². The van der Waals surface area contributed by atoms with E-state index < -0.39 is 0 Å². The molecule has 1 aromatic carbocycles. The first kappa shape index (κ1) is 8.63.